The summed E-state index contributed by atoms with van der Waals surface area (Å²) in [7, 11) is 2.22. The predicted molar refractivity (Wildman–Crippen MR) is 143 cm³/mol. The summed E-state index contributed by atoms with van der Waals surface area (Å²) in [5.74, 6) is 1.53. The molecule has 0 saturated carbocycles. The molecule has 0 aliphatic heterocycles. The third-order valence-electron chi connectivity index (χ3n) is 6.72. The van der Waals surface area contributed by atoms with E-state index in [1.807, 2.05) is 0 Å². The quantitative estimate of drug-likeness (QED) is 0.0721. The Balaban J connectivity index is 0.00000251. The Morgan fingerprint density at radius 1 is 0.676 bits per heavy atom. The maximum atomic E-state index is 8.25. The SMILES string of the molecule is CCCCCCCCCCCCc1n(CCCCCCCCCCCC)cc[n+]1C.O=[N+]([O-])[O-]. The van der Waals surface area contributed by atoms with Crippen molar-refractivity contribution in [1.29, 1.82) is 0 Å². The van der Waals surface area contributed by atoms with Gasteiger partial charge in [-0.2, -0.15) is 0 Å². The molecule has 1 aromatic rings. The van der Waals surface area contributed by atoms with Gasteiger partial charge >= 0.3 is 0 Å². The summed E-state index contributed by atoms with van der Waals surface area (Å²) >= 11 is 0. The van der Waals surface area contributed by atoms with Crippen LogP contribution >= 0.6 is 0 Å². The number of rotatable bonds is 22. The molecular formula is C28H55N3O3. The van der Waals surface area contributed by atoms with Gasteiger partial charge in [-0.1, -0.05) is 123 Å². The van der Waals surface area contributed by atoms with Gasteiger partial charge < -0.3 is 15.3 Å². The van der Waals surface area contributed by atoms with Crippen molar-refractivity contribution in [2.45, 2.75) is 155 Å². The summed E-state index contributed by atoms with van der Waals surface area (Å²) < 4.78 is 4.88. The molecule has 0 saturated heterocycles. The minimum absolute atomic E-state index is 1.21. The molecule has 0 fully saturated rings. The van der Waals surface area contributed by atoms with Gasteiger partial charge in [-0.05, 0) is 19.3 Å². The summed E-state index contributed by atoms with van der Waals surface area (Å²) in [6, 6.07) is 0. The minimum Gasteiger partial charge on any atom is -0.356 e. The van der Waals surface area contributed by atoms with Gasteiger partial charge in [0.2, 0.25) is 0 Å². The highest BCUT2D eigenvalue weighted by Gasteiger charge is 2.13. The number of aryl methyl sites for hydroxylation is 2. The van der Waals surface area contributed by atoms with Crippen LogP contribution in [0.1, 0.15) is 148 Å². The van der Waals surface area contributed by atoms with Crippen molar-refractivity contribution in [3.63, 3.8) is 0 Å². The summed E-state index contributed by atoms with van der Waals surface area (Å²) in [4.78, 5) is 8.25. The molecule has 0 spiro atoms. The molecule has 1 rings (SSSR count). The fourth-order valence-electron chi connectivity index (χ4n) is 4.62. The lowest BCUT2D eigenvalue weighted by molar-refractivity contribution is -0.678. The Kier molecular flexibility index (Phi) is 23.4. The Labute approximate surface area is 210 Å². The van der Waals surface area contributed by atoms with Crippen LogP contribution in [0, 0.1) is 15.3 Å². The first-order valence-corrected chi connectivity index (χ1v) is 14.4. The highest BCUT2D eigenvalue weighted by atomic mass is 16.9. The molecule has 1 aromatic heterocycles. The Morgan fingerprint density at radius 3 is 1.44 bits per heavy atom. The van der Waals surface area contributed by atoms with Crippen LogP contribution in [-0.2, 0) is 20.0 Å². The lowest BCUT2D eigenvalue weighted by Gasteiger charge is -2.05. The molecule has 0 radical (unpaired) electrons. The van der Waals surface area contributed by atoms with Crippen molar-refractivity contribution in [2.75, 3.05) is 0 Å². The van der Waals surface area contributed by atoms with E-state index < -0.39 is 5.09 Å². The molecular weight excluding hydrogens is 426 g/mol. The van der Waals surface area contributed by atoms with Crippen molar-refractivity contribution in [3.05, 3.63) is 33.5 Å². The third-order valence-corrected chi connectivity index (χ3v) is 6.72. The van der Waals surface area contributed by atoms with Gasteiger partial charge in [0, 0.05) is 6.42 Å². The van der Waals surface area contributed by atoms with Crippen molar-refractivity contribution < 1.29 is 9.65 Å². The van der Waals surface area contributed by atoms with Gasteiger partial charge in [0.1, 0.15) is 12.4 Å². The van der Waals surface area contributed by atoms with Crippen LogP contribution in [0.5, 0.6) is 0 Å². The van der Waals surface area contributed by atoms with E-state index in [9.17, 15) is 0 Å². The highest BCUT2D eigenvalue weighted by molar-refractivity contribution is 4.84. The van der Waals surface area contributed by atoms with E-state index in [1.165, 1.54) is 147 Å². The number of hydrogen-bond acceptors (Lipinski definition) is 3. The summed E-state index contributed by atoms with van der Waals surface area (Å²) in [6.07, 6.45) is 34.2. The second-order valence-corrected chi connectivity index (χ2v) is 9.86. The first-order chi connectivity index (χ1) is 16.5. The van der Waals surface area contributed by atoms with E-state index in [0.29, 0.717) is 0 Å². The van der Waals surface area contributed by atoms with Gasteiger partial charge in [-0.3, -0.25) is 0 Å². The highest BCUT2D eigenvalue weighted by Crippen LogP contribution is 2.13. The normalized spacial score (nSPS) is 10.8. The topological polar surface area (TPSA) is 75.0 Å². The van der Waals surface area contributed by atoms with Gasteiger partial charge in [0.05, 0.1) is 18.7 Å². The lowest BCUT2D eigenvalue weighted by Crippen LogP contribution is -2.32. The van der Waals surface area contributed by atoms with Gasteiger partial charge in [0.25, 0.3) is 5.82 Å². The number of unbranched alkanes of at least 4 members (excludes halogenated alkanes) is 18. The number of imidazole rings is 1. The molecule has 6 nitrogen and oxygen atoms in total. The zero-order chi connectivity index (χ0) is 25.3. The Morgan fingerprint density at radius 2 is 1.03 bits per heavy atom. The average molecular weight is 482 g/mol. The van der Waals surface area contributed by atoms with E-state index in [0.717, 1.165) is 0 Å². The second kappa shape index (κ2) is 24.5. The summed E-state index contributed by atoms with van der Waals surface area (Å²) in [5, 5.41) is 14.8. The van der Waals surface area contributed by atoms with Crippen LogP contribution in [-0.4, -0.2) is 9.65 Å². The van der Waals surface area contributed by atoms with Gasteiger partial charge in [-0.15, -0.1) is 0 Å². The van der Waals surface area contributed by atoms with E-state index in [2.05, 4.69) is 42.4 Å². The largest absolute Gasteiger partial charge is 0.356 e. The first kappa shape index (κ1) is 32.4. The van der Waals surface area contributed by atoms with Crippen LogP contribution < -0.4 is 4.57 Å². The van der Waals surface area contributed by atoms with E-state index in [1.54, 1.807) is 0 Å². The Hall–Kier alpha value is -1.59. The zero-order valence-electron chi connectivity index (χ0n) is 22.8. The second-order valence-electron chi connectivity index (χ2n) is 9.86. The van der Waals surface area contributed by atoms with Gasteiger partial charge in [0.15, 0.2) is 0 Å². The van der Waals surface area contributed by atoms with Crippen LogP contribution in [0.4, 0.5) is 0 Å². The molecule has 1 heterocycles. The molecule has 200 valence electrons. The molecule has 34 heavy (non-hydrogen) atoms. The van der Waals surface area contributed by atoms with Crippen molar-refractivity contribution in [2.24, 2.45) is 7.05 Å². The molecule has 0 N–H and O–H groups in total. The third kappa shape index (κ3) is 21.0. The maximum Gasteiger partial charge on any atom is 0.256 e. The van der Waals surface area contributed by atoms with Gasteiger partial charge in [-0.25, -0.2) is 9.13 Å². The number of aromatic nitrogens is 2. The molecule has 6 heteroatoms. The first-order valence-electron chi connectivity index (χ1n) is 14.4. The molecule has 0 aliphatic rings. The fourth-order valence-corrected chi connectivity index (χ4v) is 4.62. The van der Waals surface area contributed by atoms with E-state index in [-0.39, 0.29) is 0 Å². The van der Waals surface area contributed by atoms with E-state index >= 15 is 0 Å². The maximum absolute atomic E-state index is 8.25. The smallest absolute Gasteiger partial charge is 0.256 e. The van der Waals surface area contributed by atoms with Crippen molar-refractivity contribution in [1.82, 2.24) is 4.57 Å². The summed E-state index contributed by atoms with van der Waals surface area (Å²) in [6.45, 7) is 5.81. The number of hydrogen-bond donors (Lipinski definition) is 0. The average Bonchev–Trinajstić information content (AvgIpc) is 3.15. The Bertz CT molecular complexity index is 571. The predicted octanol–water partition coefficient (Wildman–Crippen LogP) is 8.46. The van der Waals surface area contributed by atoms with Crippen LogP contribution in [0.15, 0.2) is 12.4 Å². The zero-order valence-corrected chi connectivity index (χ0v) is 22.8. The van der Waals surface area contributed by atoms with Crippen molar-refractivity contribution in [3.8, 4) is 0 Å². The molecule has 0 aromatic carbocycles. The number of nitrogens with zero attached hydrogens (tertiary/aromatic N) is 3. The van der Waals surface area contributed by atoms with Crippen molar-refractivity contribution >= 4 is 0 Å². The lowest BCUT2D eigenvalue weighted by atomic mass is 10.1. The van der Waals surface area contributed by atoms with Crippen LogP contribution in [0.3, 0.4) is 0 Å². The molecule has 0 aliphatic carbocycles. The molecule has 0 unspecified atom stereocenters. The molecule has 0 bridgehead atoms. The van der Waals surface area contributed by atoms with Crippen LogP contribution in [0.2, 0.25) is 0 Å². The fraction of sp³-hybridized carbons (Fsp3) is 0.893. The standard InChI is InChI=1S/C28H55N2.NO3/c1-4-6-8-10-12-14-16-18-20-22-24-28-29(3)26-27-30(28)25-23-21-19-17-15-13-11-9-7-5-2;2-1(3)4/h26-27H,4-25H2,1-3H3;/q+1;-1. The summed E-state index contributed by atoms with van der Waals surface area (Å²) in [5.41, 5.74) is 0. The monoisotopic (exact) mass is 481 g/mol. The molecule has 0 atom stereocenters. The van der Waals surface area contributed by atoms with Crippen LogP contribution in [0.25, 0.3) is 0 Å². The molecule has 0 amide bonds. The minimum atomic E-state index is -1.75. The van der Waals surface area contributed by atoms with E-state index in [4.69, 9.17) is 15.3 Å².